The van der Waals surface area contributed by atoms with Crippen LogP contribution in [0.15, 0.2) is 23.3 Å². The molecule has 0 spiro atoms. The normalized spacial score (nSPS) is 20.4. The quantitative estimate of drug-likeness (QED) is 0.435. The van der Waals surface area contributed by atoms with Crippen LogP contribution in [0.5, 0.6) is 5.88 Å². The predicted octanol–water partition coefficient (Wildman–Crippen LogP) is 2.56. The van der Waals surface area contributed by atoms with E-state index in [9.17, 15) is 0 Å². The van der Waals surface area contributed by atoms with Gasteiger partial charge in [0.05, 0.1) is 6.61 Å². The second-order valence-electron chi connectivity index (χ2n) is 5.24. The molecule has 0 aliphatic heterocycles. The second-order valence-corrected chi connectivity index (χ2v) is 5.24. The fourth-order valence-electron chi connectivity index (χ4n) is 1.89. The van der Waals surface area contributed by atoms with Gasteiger partial charge in [-0.2, -0.15) is 0 Å². The molecule has 1 fully saturated rings. The zero-order valence-electron chi connectivity index (χ0n) is 12.9. The first-order valence-corrected chi connectivity index (χ1v) is 7.27. The van der Waals surface area contributed by atoms with Gasteiger partial charge in [-0.3, -0.25) is 4.99 Å². The smallest absolute Gasteiger partial charge is 0.213 e. The first-order valence-electron chi connectivity index (χ1n) is 7.27. The molecule has 2 atom stereocenters. The van der Waals surface area contributed by atoms with Crippen LogP contribution >= 0.6 is 24.0 Å². The first-order chi connectivity index (χ1) is 9.72. The van der Waals surface area contributed by atoms with E-state index in [1.807, 2.05) is 18.3 Å². The first kappa shape index (κ1) is 18.0. The third-order valence-electron chi connectivity index (χ3n) is 3.37. The highest BCUT2D eigenvalue weighted by molar-refractivity contribution is 14.0. The van der Waals surface area contributed by atoms with E-state index in [1.54, 1.807) is 7.05 Å². The van der Waals surface area contributed by atoms with Crippen molar-refractivity contribution in [2.75, 3.05) is 13.7 Å². The van der Waals surface area contributed by atoms with E-state index in [2.05, 4.69) is 34.5 Å². The average molecular weight is 404 g/mol. The number of ether oxygens (including phenoxy) is 1. The van der Waals surface area contributed by atoms with Crippen molar-refractivity contribution in [1.82, 2.24) is 15.6 Å². The number of aliphatic imine (C=N–C) groups is 1. The van der Waals surface area contributed by atoms with Gasteiger partial charge in [0.15, 0.2) is 5.96 Å². The fraction of sp³-hybridized carbons (Fsp3) is 0.600. The zero-order chi connectivity index (χ0) is 14.4. The zero-order valence-corrected chi connectivity index (χ0v) is 15.3. The van der Waals surface area contributed by atoms with Crippen LogP contribution in [0.1, 0.15) is 32.3 Å². The van der Waals surface area contributed by atoms with Crippen LogP contribution in [0.3, 0.4) is 0 Å². The molecule has 0 bridgehead atoms. The Kier molecular flexibility index (Phi) is 7.77. The highest BCUT2D eigenvalue weighted by Gasteiger charge is 2.33. The molecular weight excluding hydrogens is 379 g/mol. The van der Waals surface area contributed by atoms with Crippen LogP contribution in [-0.2, 0) is 6.54 Å². The molecule has 1 aliphatic carbocycles. The summed E-state index contributed by atoms with van der Waals surface area (Å²) in [5.74, 6) is 2.29. The SMILES string of the molecule is CCCOc1ccc(CNC(=NC)NC2CC2C)cn1.I. The van der Waals surface area contributed by atoms with Gasteiger partial charge in [0.25, 0.3) is 0 Å². The lowest BCUT2D eigenvalue weighted by molar-refractivity contribution is 0.305. The Morgan fingerprint density at radius 3 is 2.76 bits per heavy atom. The molecule has 2 unspecified atom stereocenters. The second kappa shape index (κ2) is 9.07. The van der Waals surface area contributed by atoms with E-state index in [1.165, 1.54) is 6.42 Å². The number of aromatic nitrogens is 1. The Labute approximate surface area is 144 Å². The molecule has 0 saturated heterocycles. The number of hydrogen-bond acceptors (Lipinski definition) is 3. The average Bonchev–Trinajstić information content (AvgIpc) is 3.17. The molecule has 1 saturated carbocycles. The van der Waals surface area contributed by atoms with Gasteiger partial charge in [-0.05, 0) is 24.3 Å². The van der Waals surface area contributed by atoms with Crippen molar-refractivity contribution < 1.29 is 4.74 Å². The van der Waals surface area contributed by atoms with Crippen molar-refractivity contribution in [1.29, 1.82) is 0 Å². The van der Waals surface area contributed by atoms with Crippen LogP contribution in [0.2, 0.25) is 0 Å². The highest BCUT2D eigenvalue weighted by Crippen LogP contribution is 2.28. The maximum absolute atomic E-state index is 5.46. The van der Waals surface area contributed by atoms with Crippen molar-refractivity contribution in [3.63, 3.8) is 0 Å². The summed E-state index contributed by atoms with van der Waals surface area (Å²) in [5.41, 5.74) is 1.11. The van der Waals surface area contributed by atoms with Gasteiger partial charge in [0.1, 0.15) is 0 Å². The number of nitrogens with zero attached hydrogens (tertiary/aromatic N) is 2. The summed E-state index contributed by atoms with van der Waals surface area (Å²) in [6.45, 7) is 5.74. The highest BCUT2D eigenvalue weighted by atomic mass is 127. The molecule has 1 aliphatic rings. The van der Waals surface area contributed by atoms with Crippen molar-refractivity contribution in [2.24, 2.45) is 10.9 Å². The molecule has 118 valence electrons. The fourth-order valence-corrected chi connectivity index (χ4v) is 1.89. The minimum Gasteiger partial charge on any atom is -0.478 e. The largest absolute Gasteiger partial charge is 0.478 e. The molecule has 21 heavy (non-hydrogen) atoms. The van der Waals surface area contributed by atoms with E-state index >= 15 is 0 Å². The third-order valence-corrected chi connectivity index (χ3v) is 3.37. The third kappa shape index (κ3) is 6.07. The number of guanidine groups is 1. The summed E-state index contributed by atoms with van der Waals surface area (Å²) < 4.78 is 5.46. The van der Waals surface area contributed by atoms with E-state index in [-0.39, 0.29) is 24.0 Å². The number of halogens is 1. The summed E-state index contributed by atoms with van der Waals surface area (Å²) in [7, 11) is 1.79. The van der Waals surface area contributed by atoms with E-state index in [0.717, 1.165) is 23.9 Å². The Morgan fingerprint density at radius 2 is 2.24 bits per heavy atom. The molecule has 5 nitrogen and oxygen atoms in total. The van der Waals surface area contributed by atoms with Crippen molar-refractivity contribution in [3.8, 4) is 5.88 Å². The minimum atomic E-state index is 0. The molecule has 2 rings (SSSR count). The summed E-state index contributed by atoms with van der Waals surface area (Å²) in [4.78, 5) is 8.51. The maximum atomic E-state index is 5.46. The van der Waals surface area contributed by atoms with Gasteiger partial charge in [0.2, 0.25) is 5.88 Å². The standard InChI is InChI=1S/C15H24N4O.HI/c1-4-7-20-14-6-5-12(9-17-14)10-18-15(16-3)19-13-8-11(13)2;/h5-6,9,11,13H,4,7-8,10H2,1-3H3,(H2,16,18,19);1H. The van der Waals surface area contributed by atoms with E-state index in [0.29, 0.717) is 25.1 Å². The van der Waals surface area contributed by atoms with Crippen LogP contribution in [0, 0.1) is 5.92 Å². The molecule has 0 radical (unpaired) electrons. The molecule has 1 aromatic heterocycles. The monoisotopic (exact) mass is 404 g/mol. The lowest BCUT2D eigenvalue weighted by Crippen LogP contribution is -2.38. The van der Waals surface area contributed by atoms with Gasteiger partial charge >= 0.3 is 0 Å². The summed E-state index contributed by atoms with van der Waals surface area (Å²) in [6, 6.07) is 4.51. The molecular formula is C15H25IN4O. The number of hydrogen-bond donors (Lipinski definition) is 2. The topological polar surface area (TPSA) is 58.5 Å². The van der Waals surface area contributed by atoms with Crippen LogP contribution < -0.4 is 15.4 Å². The van der Waals surface area contributed by atoms with Gasteiger partial charge in [0, 0.05) is 31.9 Å². The predicted molar refractivity (Wildman–Crippen MR) is 96.3 cm³/mol. The molecule has 1 aromatic rings. The van der Waals surface area contributed by atoms with Crippen LogP contribution in [-0.4, -0.2) is 30.6 Å². The Morgan fingerprint density at radius 1 is 1.48 bits per heavy atom. The maximum Gasteiger partial charge on any atom is 0.213 e. The van der Waals surface area contributed by atoms with Gasteiger partial charge in [-0.15, -0.1) is 24.0 Å². The molecule has 6 heteroatoms. The number of nitrogens with one attached hydrogen (secondary N) is 2. The van der Waals surface area contributed by atoms with Gasteiger partial charge in [-0.1, -0.05) is 19.9 Å². The number of rotatable bonds is 6. The summed E-state index contributed by atoms with van der Waals surface area (Å²) in [5, 5.41) is 6.69. The van der Waals surface area contributed by atoms with E-state index < -0.39 is 0 Å². The molecule has 2 N–H and O–H groups in total. The minimum absolute atomic E-state index is 0. The van der Waals surface area contributed by atoms with Crippen molar-refractivity contribution >= 4 is 29.9 Å². The summed E-state index contributed by atoms with van der Waals surface area (Å²) >= 11 is 0. The Hall–Kier alpha value is -1.05. The summed E-state index contributed by atoms with van der Waals surface area (Å²) in [6.07, 6.45) is 4.06. The van der Waals surface area contributed by atoms with Gasteiger partial charge < -0.3 is 15.4 Å². The lowest BCUT2D eigenvalue weighted by atomic mass is 10.3. The molecule has 1 heterocycles. The Bertz CT molecular complexity index is 449. The Balaban J connectivity index is 0.00000220. The lowest BCUT2D eigenvalue weighted by Gasteiger charge is -2.11. The van der Waals surface area contributed by atoms with E-state index in [4.69, 9.17) is 4.74 Å². The van der Waals surface area contributed by atoms with Crippen molar-refractivity contribution in [2.45, 2.75) is 39.3 Å². The molecule has 0 amide bonds. The molecule has 0 aromatic carbocycles. The van der Waals surface area contributed by atoms with Crippen molar-refractivity contribution in [3.05, 3.63) is 23.9 Å². The van der Waals surface area contributed by atoms with Crippen LogP contribution in [0.4, 0.5) is 0 Å². The number of pyridine rings is 1. The van der Waals surface area contributed by atoms with Gasteiger partial charge in [-0.25, -0.2) is 4.98 Å². The van der Waals surface area contributed by atoms with Crippen LogP contribution in [0.25, 0.3) is 0 Å².